The number of halogens is 3. The van der Waals surface area contributed by atoms with Crippen LogP contribution in [0, 0.1) is 0 Å². The number of imide groups is 1. The van der Waals surface area contributed by atoms with Crippen molar-refractivity contribution in [2.75, 3.05) is 6.54 Å². The first kappa shape index (κ1) is 20.1. The van der Waals surface area contributed by atoms with E-state index in [0.717, 1.165) is 5.69 Å². The number of pyridine rings is 1. The van der Waals surface area contributed by atoms with Gasteiger partial charge in [-0.25, -0.2) is 4.79 Å². The molecule has 1 aromatic heterocycles. The lowest BCUT2D eigenvalue weighted by atomic mass is 10.2. The van der Waals surface area contributed by atoms with Gasteiger partial charge in [0.25, 0.3) is 5.91 Å². The van der Waals surface area contributed by atoms with Crippen LogP contribution >= 0.6 is 34.8 Å². The summed E-state index contributed by atoms with van der Waals surface area (Å²) in [4.78, 5) is 30.4. The first-order valence-corrected chi connectivity index (χ1v) is 9.18. The minimum atomic E-state index is -0.674. The first-order valence-electron chi connectivity index (χ1n) is 8.05. The number of benzene rings is 1. The lowest BCUT2D eigenvalue weighted by Gasteiger charge is -2.24. The van der Waals surface area contributed by atoms with Crippen molar-refractivity contribution in [3.63, 3.8) is 0 Å². The minimum absolute atomic E-state index is 0.0933. The second kappa shape index (κ2) is 8.56. The highest BCUT2D eigenvalue weighted by molar-refractivity contribution is 6.69. The van der Waals surface area contributed by atoms with Gasteiger partial charge in [-0.2, -0.15) is 0 Å². The number of hydrogen-bond acceptors (Lipinski definition) is 3. The summed E-state index contributed by atoms with van der Waals surface area (Å²) in [5, 5.41) is 3.11. The lowest BCUT2D eigenvalue weighted by molar-refractivity contribution is -0.373. The van der Waals surface area contributed by atoms with Crippen molar-refractivity contribution in [3.8, 4) is 0 Å². The zero-order valence-corrected chi connectivity index (χ0v) is 16.7. The fourth-order valence-electron chi connectivity index (χ4n) is 2.48. The van der Waals surface area contributed by atoms with Crippen LogP contribution in [0.5, 0.6) is 0 Å². The van der Waals surface area contributed by atoms with Crippen LogP contribution < -0.4 is 5.32 Å². The highest BCUT2D eigenvalue weighted by Gasteiger charge is 2.37. The Hall–Kier alpha value is -2.67. The maximum absolute atomic E-state index is 12.7. The fraction of sp³-hybridized carbons (Fsp3) is 0.0526. The maximum Gasteiger partial charge on any atom is 0.329 e. The Morgan fingerprint density at radius 2 is 2.04 bits per heavy atom. The Bertz CT molecular complexity index is 1020. The van der Waals surface area contributed by atoms with E-state index in [1.807, 2.05) is 6.07 Å². The molecule has 6 nitrogen and oxygen atoms in total. The van der Waals surface area contributed by atoms with Crippen molar-refractivity contribution in [3.05, 3.63) is 82.9 Å². The van der Waals surface area contributed by atoms with E-state index in [1.165, 1.54) is 23.1 Å². The monoisotopic (exact) mass is 435 g/mol. The zero-order valence-electron chi connectivity index (χ0n) is 14.4. The molecule has 1 N–H and O–H groups in total. The third-order valence-corrected chi connectivity index (χ3v) is 4.78. The number of nitrogens with zero attached hydrogens (tertiary/aromatic N) is 3. The molecule has 0 saturated heterocycles. The Morgan fingerprint density at radius 1 is 1.25 bits per heavy atom. The van der Waals surface area contributed by atoms with Crippen molar-refractivity contribution in [1.29, 1.82) is 0 Å². The van der Waals surface area contributed by atoms with Crippen molar-refractivity contribution in [2.24, 2.45) is 0 Å². The van der Waals surface area contributed by atoms with Gasteiger partial charge in [-0.05, 0) is 35.9 Å². The summed E-state index contributed by atoms with van der Waals surface area (Å²) >= 11 is 18.3. The molecule has 9 heteroatoms. The van der Waals surface area contributed by atoms with Crippen molar-refractivity contribution < 1.29 is 14.2 Å². The smallest absolute Gasteiger partial charge is 0.278 e. The largest absolute Gasteiger partial charge is 0.329 e. The molecule has 1 aliphatic rings. The number of hydrogen-bond donors (Lipinski definition) is 1. The molecule has 1 aliphatic heterocycles. The maximum atomic E-state index is 12.7. The van der Waals surface area contributed by atoms with Crippen LogP contribution in [0.25, 0.3) is 0 Å². The summed E-state index contributed by atoms with van der Waals surface area (Å²) in [7, 11) is 0. The number of nitrogens with one attached hydrogen (secondary N) is 1. The summed E-state index contributed by atoms with van der Waals surface area (Å²) in [5.41, 5.74) is 1.28. The van der Waals surface area contributed by atoms with E-state index in [9.17, 15) is 9.59 Å². The van der Waals surface area contributed by atoms with Crippen LogP contribution in [-0.4, -0.2) is 38.1 Å². The molecule has 3 rings (SSSR count). The highest BCUT2D eigenvalue weighted by Crippen LogP contribution is 2.26. The number of carbonyl (C=O) groups is 2. The van der Waals surface area contributed by atoms with Crippen molar-refractivity contribution in [2.45, 2.75) is 0 Å². The molecule has 2 aromatic rings. The number of aromatic nitrogens is 1. The molecule has 2 heterocycles. The van der Waals surface area contributed by atoms with Gasteiger partial charge in [0.05, 0.1) is 16.8 Å². The van der Waals surface area contributed by atoms with Gasteiger partial charge >= 0.3 is 11.2 Å². The van der Waals surface area contributed by atoms with Crippen molar-refractivity contribution >= 4 is 57.6 Å². The van der Waals surface area contributed by atoms with Gasteiger partial charge < -0.3 is 0 Å². The van der Waals surface area contributed by atoms with E-state index in [-0.39, 0.29) is 17.1 Å². The third kappa shape index (κ3) is 4.09. The second-order valence-corrected chi connectivity index (χ2v) is 6.87. The van der Waals surface area contributed by atoms with E-state index in [4.69, 9.17) is 34.8 Å². The highest BCUT2D eigenvalue weighted by atomic mass is 35.5. The van der Waals surface area contributed by atoms with Gasteiger partial charge in [-0.15, -0.1) is 11.2 Å². The number of allylic oxidation sites excluding steroid dienone is 1. The summed E-state index contributed by atoms with van der Waals surface area (Å²) in [6, 6.07) is 7.34. The standard InChI is InChI=1S/C19H13Cl3N4O2/c1-2-8-25(16-11-26(17(16)22)13-4-3-7-23-10-13)19(28)24-18(27)14-9-12(20)5-6-15(14)21/h2-7,9-11H,1,8H2/p+1. The normalized spacial score (nSPS) is 12.8. The van der Waals surface area contributed by atoms with Crippen molar-refractivity contribution in [1.82, 2.24) is 15.2 Å². The topological polar surface area (TPSA) is 65.3 Å². The van der Waals surface area contributed by atoms with E-state index < -0.39 is 11.9 Å². The summed E-state index contributed by atoms with van der Waals surface area (Å²) in [5.74, 6) is -0.674. The van der Waals surface area contributed by atoms with Crippen LogP contribution in [0.1, 0.15) is 10.4 Å². The minimum Gasteiger partial charge on any atom is -0.278 e. The second-order valence-electron chi connectivity index (χ2n) is 5.67. The summed E-state index contributed by atoms with van der Waals surface area (Å²) in [6.45, 7) is 3.78. The molecule has 142 valence electrons. The molecule has 0 fully saturated rings. The number of urea groups is 1. The van der Waals surface area contributed by atoms with E-state index >= 15 is 0 Å². The Labute approximate surface area is 176 Å². The molecule has 0 bridgehead atoms. The predicted octanol–water partition coefficient (Wildman–Crippen LogP) is 4.56. The lowest BCUT2D eigenvalue weighted by Crippen LogP contribution is -2.46. The van der Waals surface area contributed by atoms with Crippen LogP contribution in [0.2, 0.25) is 10.0 Å². The Morgan fingerprint density at radius 3 is 2.68 bits per heavy atom. The van der Waals surface area contributed by atoms with Gasteiger partial charge in [-0.3, -0.25) is 20.0 Å². The average molecular weight is 437 g/mol. The molecule has 1 aromatic carbocycles. The zero-order chi connectivity index (χ0) is 20.3. The summed E-state index contributed by atoms with van der Waals surface area (Å²) < 4.78 is 1.67. The average Bonchev–Trinajstić information content (AvgIpc) is 2.68. The van der Waals surface area contributed by atoms with Crippen LogP contribution in [0.3, 0.4) is 0 Å². The van der Waals surface area contributed by atoms with Crippen LogP contribution in [0.15, 0.2) is 67.3 Å². The Kier molecular flexibility index (Phi) is 6.14. The van der Waals surface area contributed by atoms with E-state index in [0.29, 0.717) is 15.9 Å². The number of carbonyl (C=O) groups excluding carboxylic acids is 2. The molecule has 0 saturated carbocycles. The Balaban J connectivity index is 1.78. The molecule has 28 heavy (non-hydrogen) atoms. The summed E-state index contributed by atoms with van der Waals surface area (Å²) in [6.07, 6.45) is 6.47. The molecular formula is C19H14Cl3N4O2+. The molecule has 0 spiro atoms. The third-order valence-electron chi connectivity index (χ3n) is 3.84. The van der Waals surface area contributed by atoms with Crippen LogP contribution in [-0.2, 0) is 0 Å². The number of amides is 3. The van der Waals surface area contributed by atoms with Gasteiger partial charge in [0, 0.05) is 23.8 Å². The quantitative estimate of drug-likeness (QED) is 0.552. The van der Waals surface area contributed by atoms with Gasteiger partial charge in [0.1, 0.15) is 0 Å². The first-order chi connectivity index (χ1) is 13.4. The molecular weight excluding hydrogens is 423 g/mol. The molecule has 0 radical (unpaired) electrons. The van der Waals surface area contributed by atoms with E-state index in [1.54, 1.807) is 35.3 Å². The van der Waals surface area contributed by atoms with Gasteiger partial charge in [0.15, 0.2) is 5.70 Å². The fourth-order valence-corrected chi connectivity index (χ4v) is 3.15. The van der Waals surface area contributed by atoms with E-state index in [2.05, 4.69) is 16.9 Å². The number of rotatable bonds is 5. The molecule has 0 atom stereocenters. The molecule has 0 unspecified atom stereocenters. The van der Waals surface area contributed by atoms with Gasteiger partial charge in [0.2, 0.25) is 11.9 Å². The van der Waals surface area contributed by atoms with Gasteiger partial charge in [-0.1, -0.05) is 29.3 Å². The predicted molar refractivity (Wildman–Crippen MR) is 109 cm³/mol. The SMILES string of the molecule is C=CCN(C(=O)NC(=O)c1cc(Cl)ccc1Cl)C1=C[N+](c2cccnc2)=C1Cl. The van der Waals surface area contributed by atoms with Crippen LogP contribution in [0.4, 0.5) is 10.5 Å². The molecule has 0 aliphatic carbocycles. The molecule has 3 amide bonds.